The van der Waals surface area contributed by atoms with Crippen LogP contribution < -0.4 is 5.56 Å². The van der Waals surface area contributed by atoms with Crippen molar-refractivity contribution in [3.63, 3.8) is 0 Å². The Morgan fingerprint density at radius 2 is 1.15 bits per heavy atom. The predicted octanol–water partition coefficient (Wildman–Crippen LogP) is 9.66. The summed E-state index contributed by atoms with van der Waals surface area (Å²) >= 11 is 0. The molecule has 0 radical (unpaired) electrons. The maximum Gasteiger partial charge on any atom is 0.248 e. The number of nitrogens with one attached hydrogen (secondary N) is 1. The molecule has 4 aromatic heterocycles. The van der Waals surface area contributed by atoms with Crippen molar-refractivity contribution in [2.45, 2.75) is 115 Å². The SMILES string of the molecule is CC.CC.CC.CC.CC(C)c1cc[nH]c(=O)c1.CC(C)c1ccn2nccc2c1.CC(C)c1cncnc1. The monoisotopic (exact) mass is 539 g/mol. The lowest BCUT2D eigenvalue weighted by Gasteiger charge is -2.04. The van der Waals surface area contributed by atoms with Gasteiger partial charge in [0.25, 0.3) is 0 Å². The Bertz CT molecular complexity index is 1100. The van der Waals surface area contributed by atoms with E-state index in [1.807, 2.05) is 96.8 Å². The number of pyridine rings is 2. The molecule has 0 spiro atoms. The molecule has 0 saturated heterocycles. The second-order valence-electron chi connectivity index (χ2n) is 8.28. The zero-order valence-corrected chi connectivity index (χ0v) is 27.3. The van der Waals surface area contributed by atoms with Crippen molar-refractivity contribution in [3.05, 3.63) is 94.7 Å². The first kappa shape index (κ1) is 40.2. The average Bonchev–Trinajstić information content (AvgIpc) is 3.47. The molecule has 220 valence electrons. The van der Waals surface area contributed by atoms with Crippen LogP contribution in [0.1, 0.15) is 131 Å². The Morgan fingerprint density at radius 1 is 0.667 bits per heavy atom. The highest BCUT2D eigenvalue weighted by Crippen LogP contribution is 2.15. The molecule has 0 aliphatic rings. The molecule has 39 heavy (non-hydrogen) atoms. The molecular formula is C33H57N5O. The highest BCUT2D eigenvalue weighted by molar-refractivity contribution is 5.48. The van der Waals surface area contributed by atoms with E-state index in [9.17, 15) is 4.79 Å². The van der Waals surface area contributed by atoms with E-state index in [4.69, 9.17) is 0 Å². The molecule has 0 aromatic carbocycles. The topological polar surface area (TPSA) is 75.9 Å². The Kier molecular flexibility index (Phi) is 27.2. The summed E-state index contributed by atoms with van der Waals surface area (Å²) in [5.41, 5.74) is 4.79. The second kappa shape index (κ2) is 26.3. The van der Waals surface area contributed by atoms with E-state index in [1.54, 1.807) is 18.6 Å². The van der Waals surface area contributed by atoms with Crippen molar-refractivity contribution in [1.82, 2.24) is 24.6 Å². The lowest BCUT2D eigenvalue weighted by atomic mass is 10.1. The highest BCUT2D eigenvalue weighted by Gasteiger charge is 2.00. The minimum atomic E-state index is -0.0220. The third-order valence-corrected chi connectivity index (χ3v) is 4.80. The van der Waals surface area contributed by atoms with E-state index >= 15 is 0 Å². The number of hydrogen-bond donors (Lipinski definition) is 1. The molecule has 4 heterocycles. The van der Waals surface area contributed by atoms with E-state index in [-0.39, 0.29) is 5.56 Å². The van der Waals surface area contributed by atoms with Gasteiger partial charge in [0.1, 0.15) is 6.33 Å². The van der Waals surface area contributed by atoms with Crippen LogP contribution in [-0.4, -0.2) is 24.6 Å². The number of aromatic nitrogens is 5. The summed E-state index contributed by atoms with van der Waals surface area (Å²) in [4.78, 5) is 21.1. The smallest absolute Gasteiger partial charge is 0.248 e. The van der Waals surface area contributed by atoms with Gasteiger partial charge in [-0.15, -0.1) is 0 Å². The molecule has 6 heteroatoms. The maximum atomic E-state index is 10.7. The van der Waals surface area contributed by atoms with Crippen molar-refractivity contribution in [2.24, 2.45) is 0 Å². The fraction of sp³-hybridized carbons (Fsp3) is 0.515. The Labute approximate surface area is 239 Å². The number of rotatable bonds is 3. The van der Waals surface area contributed by atoms with Gasteiger partial charge in [-0.25, -0.2) is 14.5 Å². The molecule has 0 aliphatic carbocycles. The Morgan fingerprint density at radius 3 is 1.56 bits per heavy atom. The van der Waals surface area contributed by atoms with Crippen LogP contribution in [0.2, 0.25) is 0 Å². The maximum absolute atomic E-state index is 10.7. The molecule has 0 amide bonds. The molecule has 1 N–H and O–H groups in total. The van der Waals surface area contributed by atoms with Crippen molar-refractivity contribution >= 4 is 5.52 Å². The van der Waals surface area contributed by atoms with Crippen molar-refractivity contribution in [2.75, 3.05) is 0 Å². The molecule has 4 rings (SSSR count). The van der Waals surface area contributed by atoms with E-state index in [1.165, 1.54) is 16.6 Å². The van der Waals surface area contributed by atoms with Crippen LogP contribution in [0.3, 0.4) is 0 Å². The van der Waals surface area contributed by atoms with Crippen molar-refractivity contribution in [3.8, 4) is 0 Å². The summed E-state index contributed by atoms with van der Waals surface area (Å²) in [5, 5.41) is 4.14. The van der Waals surface area contributed by atoms with Gasteiger partial charge in [0, 0.05) is 37.1 Å². The molecule has 0 unspecified atom stereocenters. The third kappa shape index (κ3) is 17.8. The Hall–Kier alpha value is -3.28. The number of aromatic amines is 1. The standard InChI is InChI=1S/C10H12N2.C8H11NO.C7H10N2.4C2H6/c1-8(2)9-4-6-12-10(7-9)3-5-11-12;1-6(2)7-3-4-9-8(10)5-7;1-6(2)7-3-8-5-9-4-7;4*1-2/h3-8H,1-2H3;3-6H,1-2H3,(H,9,10);3-6H,1-2H3;4*1-2H3. The normalized spacial score (nSPS) is 9.05. The fourth-order valence-electron chi connectivity index (χ4n) is 2.73. The van der Waals surface area contributed by atoms with Crippen LogP contribution in [0.5, 0.6) is 0 Å². The van der Waals surface area contributed by atoms with Crippen LogP contribution in [-0.2, 0) is 0 Å². The molecule has 4 aromatic rings. The largest absolute Gasteiger partial charge is 0.329 e. The number of H-pyrrole nitrogens is 1. The summed E-state index contributed by atoms with van der Waals surface area (Å²) in [5.74, 6) is 1.55. The molecule has 0 aliphatic heterocycles. The summed E-state index contributed by atoms with van der Waals surface area (Å²) in [6.45, 7) is 28.8. The summed E-state index contributed by atoms with van der Waals surface area (Å²) in [7, 11) is 0. The van der Waals surface area contributed by atoms with Gasteiger partial charge in [0.2, 0.25) is 5.56 Å². The molecular weight excluding hydrogens is 482 g/mol. The lowest BCUT2D eigenvalue weighted by Crippen LogP contribution is -2.04. The molecule has 0 fully saturated rings. The molecule has 0 bridgehead atoms. The first-order valence-corrected chi connectivity index (χ1v) is 14.6. The first-order valence-electron chi connectivity index (χ1n) is 14.6. The molecule has 6 nitrogen and oxygen atoms in total. The van der Waals surface area contributed by atoms with Crippen LogP contribution in [0, 0.1) is 0 Å². The summed E-state index contributed by atoms with van der Waals surface area (Å²) in [6, 6.07) is 9.87. The van der Waals surface area contributed by atoms with Gasteiger partial charge in [0.15, 0.2) is 0 Å². The van der Waals surface area contributed by atoms with Gasteiger partial charge >= 0.3 is 0 Å². The van der Waals surface area contributed by atoms with Gasteiger partial charge < -0.3 is 4.98 Å². The Balaban J connectivity index is -0.000000444. The molecule has 0 saturated carbocycles. The lowest BCUT2D eigenvalue weighted by molar-refractivity contribution is 0.845. The zero-order chi connectivity index (χ0) is 30.8. The summed E-state index contributed by atoms with van der Waals surface area (Å²) in [6.07, 6.45) is 10.7. The quantitative estimate of drug-likeness (QED) is 0.281. The van der Waals surface area contributed by atoms with Gasteiger partial charge in [-0.1, -0.05) is 96.9 Å². The molecule has 0 atom stereocenters. The highest BCUT2D eigenvalue weighted by atomic mass is 16.1. The van der Waals surface area contributed by atoms with E-state index in [2.05, 4.69) is 73.7 Å². The second-order valence-corrected chi connectivity index (χ2v) is 8.28. The van der Waals surface area contributed by atoms with Crippen LogP contribution in [0.15, 0.2) is 72.4 Å². The van der Waals surface area contributed by atoms with Crippen molar-refractivity contribution in [1.29, 1.82) is 0 Å². The van der Waals surface area contributed by atoms with Gasteiger partial charge in [-0.3, -0.25) is 4.79 Å². The summed E-state index contributed by atoms with van der Waals surface area (Å²) < 4.78 is 1.88. The van der Waals surface area contributed by atoms with Gasteiger partial charge in [-0.2, -0.15) is 5.10 Å². The van der Waals surface area contributed by atoms with Gasteiger partial charge in [-0.05, 0) is 58.7 Å². The fourth-order valence-corrected chi connectivity index (χ4v) is 2.73. The van der Waals surface area contributed by atoms with Crippen LogP contribution in [0.25, 0.3) is 5.52 Å². The number of fused-ring (bicyclic) bond motifs is 1. The van der Waals surface area contributed by atoms with Crippen LogP contribution >= 0.6 is 0 Å². The zero-order valence-electron chi connectivity index (χ0n) is 27.3. The van der Waals surface area contributed by atoms with E-state index < -0.39 is 0 Å². The number of hydrogen-bond acceptors (Lipinski definition) is 4. The predicted molar refractivity (Wildman–Crippen MR) is 172 cm³/mol. The van der Waals surface area contributed by atoms with E-state index in [0.29, 0.717) is 17.8 Å². The van der Waals surface area contributed by atoms with E-state index in [0.717, 1.165) is 5.56 Å². The minimum Gasteiger partial charge on any atom is -0.329 e. The third-order valence-electron chi connectivity index (χ3n) is 4.80. The minimum absolute atomic E-state index is 0.0220. The van der Waals surface area contributed by atoms with Crippen LogP contribution in [0.4, 0.5) is 0 Å². The number of nitrogens with zero attached hydrogens (tertiary/aromatic N) is 4. The average molecular weight is 540 g/mol. The van der Waals surface area contributed by atoms with Gasteiger partial charge in [0.05, 0.1) is 5.52 Å². The van der Waals surface area contributed by atoms with Crippen molar-refractivity contribution < 1.29 is 0 Å². The first-order chi connectivity index (χ1) is 18.8.